The third-order valence-electron chi connectivity index (χ3n) is 5.23. The normalized spacial score (nSPS) is 16.1. The average molecular weight is 417 g/mol. The highest BCUT2D eigenvalue weighted by atomic mass is 16.4. The molecule has 0 aliphatic carbocycles. The topological polar surface area (TPSA) is 120 Å². The third-order valence-corrected chi connectivity index (χ3v) is 5.23. The van der Waals surface area contributed by atoms with Crippen LogP contribution in [-0.4, -0.2) is 50.2 Å². The molecule has 1 aliphatic rings. The molecule has 1 unspecified atom stereocenters. The molecule has 2 heterocycles. The molecule has 0 saturated carbocycles. The van der Waals surface area contributed by atoms with Gasteiger partial charge in [0.05, 0.1) is 11.0 Å². The molecule has 1 saturated heterocycles. The zero-order valence-electron chi connectivity index (χ0n) is 16.4. The molecule has 0 radical (unpaired) electrons. The number of hydrogen-bond donors (Lipinski definition) is 2. The summed E-state index contributed by atoms with van der Waals surface area (Å²) in [6.45, 7) is 0.395. The van der Waals surface area contributed by atoms with E-state index in [1.165, 1.54) is 41.3 Å². The molecule has 0 bridgehead atoms. The van der Waals surface area contributed by atoms with Gasteiger partial charge in [-0.05, 0) is 49.3 Å². The maximum absolute atomic E-state index is 12.6. The molecular weight excluding hydrogens is 398 g/mol. The number of fused-ring (bicyclic) bond motifs is 1. The van der Waals surface area contributed by atoms with Gasteiger partial charge in [0.1, 0.15) is 11.7 Å². The van der Waals surface area contributed by atoms with Crippen molar-refractivity contribution in [2.45, 2.75) is 18.9 Å². The summed E-state index contributed by atoms with van der Waals surface area (Å²) in [5.41, 5.74) is 1.59. The van der Waals surface area contributed by atoms with E-state index in [-0.39, 0.29) is 17.4 Å². The summed E-state index contributed by atoms with van der Waals surface area (Å²) in [6.07, 6.45) is 3.69. The number of likely N-dealkylation sites (tertiary alicyclic amines) is 1. The van der Waals surface area contributed by atoms with Crippen LogP contribution in [0.2, 0.25) is 0 Å². The fourth-order valence-electron chi connectivity index (χ4n) is 3.62. The van der Waals surface area contributed by atoms with E-state index in [1.54, 1.807) is 24.3 Å². The first-order valence-electron chi connectivity index (χ1n) is 9.79. The van der Waals surface area contributed by atoms with Crippen LogP contribution in [0.5, 0.6) is 0 Å². The van der Waals surface area contributed by atoms with Gasteiger partial charge in [0.2, 0.25) is 0 Å². The minimum absolute atomic E-state index is 0.118. The lowest BCUT2D eigenvalue weighted by Crippen LogP contribution is -2.40. The van der Waals surface area contributed by atoms with Gasteiger partial charge in [-0.25, -0.2) is 9.78 Å². The Kier molecular flexibility index (Phi) is 5.44. The molecule has 1 aliphatic heterocycles. The number of benzene rings is 2. The standard InChI is InChI=1S/C23H19N3O5/c27-20(12-11-18-21(28)25-17-5-2-1-4-16(17)24-18)14-7-9-15(10-8-14)22(29)26-13-3-6-19(26)23(30)31/h1-2,4-5,7-12,19H,3,6,13H2,(H,25,28)(H,30,31). The number of H-pyrrole nitrogens is 1. The van der Waals surface area contributed by atoms with Gasteiger partial charge in [-0.3, -0.25) is 14.4 Å². The highest BCUT2D eigenvalue weighted by Crippen LogP contribution is 2.20. The van der Waals surface area contributed by atoms with Gasteiger partial charge in [-0.15, -0.1) is 0 Å². The molecular formula is C23H19N3O5. The molecule has 3 aromatic rings. The smallest absolute Gasteiger partial charge is 0.326 e. The molecule has 1 fully saturated rings. The summed E-state index contributed by atoms with van der Waals surface area (Å²) in [5.74, 6) is -1.73. The van der Waals surface area contributed by atoms with E-state index in [2.05, 4.69) is 9.97 Å². The van der Waals surface area contributed by atoms with E-state index in [0.29, 0.717) is 41.5 Å². The van der Waals surface area contributed by atoms with Crippen LogP contribution in [-0.2, 0) is 4.79 Å². The quantitative estimate of drug-likeness (QED) is 0.486. The second kappa shape index (κ2) is 8.35. The lowest BCUT2D eigenvalue weighted by atomic mass is 10.1. The molecule has 1 amide bonds. The Labute approximate surface area is 176 Å². The van der Waals surface area contributed by atoms with Crippen LogP contribution in [0.3, 0.4) is 0 Å². The van der Waals surface area contributed by atoms with Crippen molar-refractivity contribution in [2.24, 2.45) is 0 Å². The summed E-state index contributed by atoms with van der Waals surface area (Å²) in [7, 11) is 0. The Morgan fingerprint density at radius 3 is 2.52 bits per heavy atom. The number of ketones is 1. The van der Waals surface area contributed by atoms with E-state index in [4.69, 9.17) is 0 Å². The number of para-hydroxylation sites is 2. The molecule has 8 heteroatoms. The van der Waals surface area contributed by atoms with Crippen LogP contribution in [0, 0.1) is 0 Å². The van der Waals surface area contributed by atoms with E-state index >= 15 is 0 Å². The SMILES string of the molecule is O=C(C=Cc1nc2ccccc2[nH]c1=O)c1ccc(C(=O)N2CCCC2C(=O)O)cc1. The fraction of sp³-hybridized carbons (Fsp3) is 0.174. The van der Waals surface area contributed by atoms with Crippen molar-refractivity contribution >= 4 is 34.8 Å². The Balaban J connectivity index is 1.50. The van der Waals surface area contributed by atoms with Gasteiger partial charge in [0, 0.05) is 17.7 Å². The number of rotatable bonds is 5. The van der Waals surface area contributed by atoms with Crippen molar-refractivity contribution in [3.05, 3.63) is 81.8 Å². The number of carboxylic acid groups (broad SMARTS) is 1. The number of aliphatic carboxylic acids is 1. The zero-order valence-corrected chi connectivity index (χ0v) is 16.4. The van der Waals surface area contributed by atoms with Crippen LogP contribution in [0.4, 0.5) is 0 Å². The number of aromatic amines is 1. The number of allylic oxidation sites excluding steroid dienone is 1. The number of nitrogens with zero attached hydrogens (tertiary/aromatic N) is 2. The van der Waals surface area contributed by atoms with Gasteiger partial charge in [-0.2, -0.15) is 0 Å². The van der Waals surface area contributed by atoms with Crippen molar-refractivity contribution in [3.63, 3.8) is 0 Å². The van der Waals surface area contributed by atoms with Gasteiger partial charge in [-0.1, -0.05) is 24.3 Å². The maximum Gasteiger partial charge on any atom is 0.326 e. The first-order chi connectivity index (χ1) is 14.9. The molecule has 4 rings (SSSR count). The van der Waals surface area contributed by atoms with E-state index in [0.717, 1.165) is 0 Å². The Morgan fingerprint density at radius 1 is 1.06 bits per heavy atom. The molecule has 0 spiro atoms. The maximum atomic E-state index is 12.6. The van der Waals surface area contributed by atoms with Crippen molar-refractivity contribution < 1.29 is 19.5 Å². The Morgan fingerprint density at radius 2 is 1.77 bits per heavy atom. The fourth-order valence-corrected chi connectivity index (χ4v) is 3.62. The number of amides is 1. The minimum atomic E-state index is -1.01. The highest BCUT2D eigenvalue weighted by molar-refractivity contribution is 6.07. The number of carbonyl (C=O) groups is 3. The van der Waals surface area contributed by atoms with E-state index < -0.39 is 17.6 Å². The largest absolute Gasteiger partial charge is 0.480 e. The summed E-state index contributed by atoms with van der Waals surface area (Å²) in [4.78, 5) is 56.8. The number of aromatic nitrogens is 2. The molecule has 2 aromatic carbocycles. The lowest BCUT2D eigenvalue weighted by Gasteiger charge is -2.21. The first kappa shape index (κ1) is 20.2. The average Bonchev–Trinajstić information content (AvgIpc) is 3.27. The van der Waals surface area contributed by atoms with Crippen LogP contribution >= 0.6 is 0 Å². The van der Waals surface area contributed by atoms with Gasteiger partial charge in [0.15, 0.2) is 5.78 Å². The predicted octanol–water partition coefficient (Wildman–Crippen LogP) is 2.51. The molecule has 1 aromatic heterocycles. The highest BCUT2D eigenvalue weighted by Gasteiger charge is 2.34. The molecule has 156 valence electrons. The number of hydrogen-bond acceptors (Lipinski definition) is 5. The second-order valence-corrected chi connectivity index (χ2v) is 7.24. The van der Waals surface area contributed by atoms with Crippen LogP contribution in [0.25, 0.3) is 17.1 Å². The zero-order chi connectivity index (χ0) is 22.0. The van der Waals surface area contributed by atoms with Crippen LogP contribution < -0.4 is 5.56 Å². The monoisotopic (exact) mass is 417 g/mol. The van der Waals surface area contributed by atoms with E-state index in [1.807, 2.05) is 0 Å². The Bertz CT molecular complexity index is 1260. The van der Waals surface area contributed by atoms with Crippen molar-refractivity contribution in [3.8, 4) is 0 Å². The van der Waals surface area contributed by atoms with Crippen molar-refractivity contribution in [1.29, 1.82) is 0 Å². The summed E-state index contributed by atoms with van der Waals surface area (Å²) >= 11 is 0. The first-order valence-corrected chi connectivity index (χ1v) is 9.79. The number of nitrogens with one attached hydrogen (secondary N) is 1. The van der Waals surface area contributed by atoms with Gasteiger partial charge in [0.25, 0.3) is 11.5 Å². The second-order valence-electron chi connectivity index (χ2n) is 7.24. The van der Waals surface area contributed by atoms with Crippen molar-refractivity contribution in [1.82, 2.24) is 14.9 Å². The summed E-state index contributed by atoms with van der Waals surface area (Å²) in [5, 5.41) is 9.25. The van der Waals surface area contributed by atoms with Gasteiger partial charge < -0.3 is 15.0 Å². The Hall–Kier alpha value is -4.07. The lowest BCUT2D eigenvalue weighted by molar-refractivity contribution is -0.141. The number of carboxylic acids is 1. The molecule has 1 atom stereocenters. The minimum Gasteiger partial charge on any atom is -0.480 e. The van der Waals surface area contributed by atoms with Crippen molar-refractivity contribution in [2.75, 3.05) is 6.54 Å². The summed E-state index contributed by atoms with van der Waals surface area (Å²) < 4.78 is 0. The van der Waals surface area contributed by atoms with Crippen LogP contribution in [0.1, 0.15) is 39.3 Å². The third kappa shape index (κ3) is 4.13. The van der Waals surface area contributed by atoms with Gasteiger partial charge >= 0.3 is 5.97 Å². The predicted molar refractivity (Wildman–Crippen MR) is 114 cm³/mol. The van der Waals surface area contributed by atoms with Crippen LogP contribution in [0.15, 0.2) is 59.4 Å². The number of carbonyl (C=O) groups excluding carboxylic acids is 2. The molecule has 8 nitrogen and oxygen atoms in total. The van der Waals surface area contributed by atoms with E-state index in [9.17, 15) is 24.3 Å². The molecule has 31 heavy (non-hydrogen) atoms. The molecule has 2 N–H and O–H groups in total. The summed E-state index contributed by atoms with van der Waals surface area (Å²) in [6, 6.07) is 12.3.